The normalized spacial score (nSPS) is 10.0. The van der Waals surface area contributed by atoms with E-state index in [1.807, 2.05) is 0 Å². The van der Waals surface area contributed by atoms with Gasteiger partial charge in [-0.05, 0) is 29.8 Å². The van der Waals surface area contributed by atoms with E-state index >= 15 is 0 Å². The highest BCUT2D eigenvalue weighted by atomic mass is 19.1. The van der Waals surface area contributed by atoms with Crippen molar-refractivity contribution >= 4 is 11.6 Å². The number of rotatable bonds is 5. The molecule has 4 nitrogen and oxygen atoms in total. The van der Waals surface area contributed by atoms with Gasteiger partial charge in [-0.1, -0.05) is 12.1 Å². The summed E-state index contributed by atoms with van der Waals surface area (Å²) in [5.74, 6) is 0.623. The number of carbonyl (C=O) groups excluding carboxylic acids is 1. The third-order valence-electron chi connectivity index (χ3n) is 2.96. The minimum absolute atomic E-state index is 0.153. The molecule has 0 aliphatic rings. The number of benzene rings is 2. The number of methoxy groups -OCH3 is 2. The smallest absolute Gasteiger partial charge is 0.228 e. The van der Waals surface area contributed by atoms with Gasteiger partial charge >= 0.3 is 0 Å². The Morgan fingerprint density at radius 3 is 2.43 bits per heavy atom. The number of amides is 1. The molecule has 0 aliphatic carbocycles. The topological polar surface area (TPSA) is 47.6 Å². The lowest BCUT2D eigenvalue weighted by atomic mass is 10.1. The number of nitrogens with one attached hydrogen (secondary N) is 1. The van der Waals surface area contributed by atoms with Crippen LogP contribution in [-0.4, -0.2) is 20.1 Å². The van der Waals surface area contributed by atoms with Crippen LogP contribution in [0.2, 0.25) is 0 Å². The second-order valence-electron chi connectivity index (χ2n) is 4.42. The lowest BCUT2D eigenvalue weighted by molar-refractivity contribution is -0.115. The first-order valence-electron chi connectivity index (χ1n) is 6.38. The van der Waals surface area contributed by atoms with Crippen molar-refractivity contribution in [2.45, 2.75) is 6.42 Å². The van der Waals surface area contributed by atoms with Crippen LogP contribution in [0.1, 0.15) is 5.56 Å². The van der Waals surface area contributed by atoms with Crippen LogP contribution in [0.4, 0.5) is 10.1 Å². The predicted octanol–water partition coefficient (Wildman–Crippen LogP) is 3.02. The number of ether oxygens (including phenoxy) is 2. The van der Waals surface area contributed by atoms with Crippen molar-refractivity contribution in [1.82, 2.24) is 0 Å². The molecule has 2 aromatic rings. The third-order valence-corrected chi connectivity index (χ3v) is 2.96. The average Bonchev–Trinajstić information content (AvgIpc) is 2.49. The maximum atomic E-state index is 12.8. The summed E-state index contributed by atoms with van der Waals surface area (Å²) in [4.78, 5) is 12.0. The standard InChI is InChI=1S/C16H16FNO3/c1-20-13-7-8-15(21-2)14(10-13)18-16(19)9-11-3-5-12(17)6-4-11/h3-8,10H,9H2,1-2H3,(H,18,19). The van der Waals surface area contributed by atoms with Crippen molar-refractivity contribution in [2.75, 3.05) is 19.5 Å². The summed E-state index contributed by atoms with van der Waals surface area (Å²) in [7, 11) is 3.07. The van der Waals surface area contributed by atoms with Crippen molar-refractivity contribution < 1.29 is 18.7 Å². The van der Waals surface area contributed by atoms with Gasteiger partial charge in [0.15, 0.2) is 0 Å². The van der Waals surface area contributed by atoms with Gasteiger partial charge in [-0.2, -0.15) is 0 Å². The highest BCUT2D eigenvalue weighted by molar-refractivity contribution is 5.93. The quantitative estimate of drug-likeness (QED) is 0.920. The summed E-state index contributed by atoms with van der Waals surface area (Å²) in [5.41, 5.74) is 1.26. The number of hydrogen-bond donors (Lipinski definition) is 1. The Kier molecular flexibility index (Phi) is 4.77. The van der Waals surface area contributed by atoms with Crippen molar-refractivity contribution in [1.29, 1.82) is 0 Å². The first-order valence-corrected chi connectivity index (χ1v) is 6.38. The fraction of sp³-hybridized carbons (Fsp3) is 0.188. The Bertz CT molecular complexity index is 626. The number of carbonyl (C=O) groups is 1. The molecular weight excluding hydrogens is 273 g/mol. The third kappa shape index (κ3) is 3.95. The van der Waals surface area contributed by atoms with Crippen LogP contribution < -0.4 is 14.8 Å². The monoisotopic (exact) mass is 289 g/mol. The molecule has 5 heteroatoms. The summed E-state index contributed by atoms with van der Waals surface area (Å²) in [5, 5.41) is 2.76. The fourth-order valence-electron chi connectivity index (χ4n) is 1.89. The molecule has 0 unspecified atom stereocenters. The Labute approximate surface area is 122 Å². The summed E-state index contributed by atoms with van der Waals surface area (Å²) < 4.78 is 23.1. The van der Waals surface area contributed by atoms with E-state index in [1.54, 1.807) is 37.4 Å². The van der Waals surface area contributed by atoms with Gasteiger partial charge in [0, 0.05) is 6.07 Å². The summed E-state index contributed by atoms with van der Waals surface area (Å²) in [6.07, 6.45) is 0.153. The fourth-order valence-corrected chi connectivity index (χ4v) is 1.89. The molecule has 1 N–H and O–H groups in total. The maximum absolute atomic E-state index is 12.8. The second-order valence-corrected chi connectivity index (χ2v) is 4.42. The molecule has 0 saturated heterocycles. The van der Waals surface area contributed by atoms with E-state index in [4.69, 9.17) is 9.47 Å². The van der Waals surface area contributed by atoms with E-state index in [0.29, 0.717) is 17.2 Å². The van der Waals surface area contributed by atoms with E-state index in [9.17, 15) is 9.18 Å². The maximum Gasteiger partial charge on any atom is 0.228 e. The first kappa shape index (κ1) is 14.8. The molecule has 0 fully saturated rings. The van der Waals surface area contributed by atoms with Gasteiger partial charge in [0.25, 0.3) is 0 Å². The van der Waals surface area contributed by atoms with Crippen molar-refractivity contribution in [2.24, 2.45) is 0 Å². The highest BCUT2D eigenvalue weighted by Gasteiger charge is 2.10. The van der Waals surface area contributed by atoms with Gasteiger partial charge in [0.05, 0.1) is 26.3 Å². The molecule has 2 aromatic carbocycles. The molecule has 0 heterocycles. The lowest BCUT2D eigenvalue weighted by Crippen LogP contribution is -2.15. The minimum Gasteiger partial charge on any atom is -0.497 e. The zero-order valence-corrected chi connectivity index (χ0v) is 11.9. The van der Waals surface area contributed by atoms with Gasteiger partial charge in [-0.15, -0.1) is 0 Å². The summed E-state index contributed by atoms with van der Waals surface area (Å²) >= 11 is 0. The molecule has 0 aliphatic heterocycles. The van der Waals surface area contributed by atoms with Crippen molar-refractivity contribution in [3.05, 3.63) is 53.8 Å². The summed E-state index contributed by atoms with van der Waals surface area (Å²) in [6, 6.07) is 11.0. The molecule has 0 radical (unpaired) electrons. The van der Waals surface area contributed by atoms with Crippen molar-refractivity contribution in [3.63, 3.8) is 0 Å². The summed E-state index contributed by atoms with van der Waals surface area (Å²) in [6.45, 7) is 0. The van der Waals surface area contributed by atoms with Gasteiger partial charge in [0.2, 0.25) is 5.91 Å². The Morgan fingerprint density at radius 1 is 1.10 bits per heavy atom. The lowest BCUT2D eigenvalue weighted by Gasteiger charge is -2.11. The number of hydrogen-bond acceptors (Lipinski definition) is 3. The van der Waals surface area contributed by atoms with Crippen LogP contribution in [0.3, 0.4) is 0 Å². The zero-order chi connectivity index (χ0) is 15.2. The van der Waals surface area contributed by atoms with Crippen LogP contribution in [0, 0.1) is 5.82 Å². The highest BCUT2D eigenvalue weighted by Crippen LogP contribution is 2.28. The van der Waals surface area contributed by atoms with E-state index in [1.165, 1.54) is 19.2 Å². The molecule has 21 heavy (non-hydrogen) atoms. The van der Waals surface area contributed by atoms with Crippen LogP contribution in [0.15, 0.2) is 42.5 Å². The molecule has 1 amide bonds. The predicted molar refractivity (Wildman–Crippen MR) is 78.3 cm³/mol. The van der Waals surface area contributed by atoms with Crippen LogP contribution in [0.25, 0.3) is 0 Å². The zero-order valence-electron chi connectivity index (χ0n) is 11.9. The van der Waals surface area contributed by atoms with Gasteiger partial charge in [0.1, 0.15) is 17.3 Å². The molecule has 0 aromatic heterocycles. The van der Waals surface area contributed by atoms with Gasteiger partial charge < -0.3 is 14.8 Å². The molecule has 0 atom stereocenters. The number of anilines is 1. The SMILES string of the molecule is COc1ccc(OC)c(NC(=O)Cc2ccc(F)cc2)c1. The molecule has 0 spiro atoms. The molecular formula is C16H16FNO3. The van der Waals surface area contributed by atoms with Crippen LogP contribution in [-0.2, 0) is 11.2 Å². The number of halogens is 1. The van der Waals surface area contributed by atoms with E-state index in [-0.39, 0.29) is 18.1 Å². The van der Waals surface area contributed by atoms with Gasteiger partial charge in [-0.25, -0.2) is 4.39 Å². The molecule has 0 saturated carbocycles. The first-order chi connectivity index (χ1) is 10.1. The van der Waals surface area contributed by atoms with E-state index < -0.39 is 0 Å². The second kappa shape index (κ2) is 6.74. The Hall–Kier alpha value is -2.56. The minimum atomic E-state index is -0.325. The van der Waals surface area contributed by atoms with Crippen LogP contribution in [0.5, 0.6) is 11.5 Å². The Morgan fingerprint density at radius 2 is 1.81 bits per heavy atom. The molecule has 2 rings (SSSR count). The van der Waals surface area contributed by atoms with Crippen LogP contribution >= 0.6 is 0 Å². The average molecular weight is 289 g/mol. The van der Waals surface area contributed by atoms with E-state index in [2.05, 4.69) is 5.32 Å². The molecule has 110 valence electrons. The van der Waals surface area contributed by atoms with E-state index in [0.717, 1.165) is 5.56 Å². The largest absolute Gasteiger partial charge is 0.497 e. The Balaban J connectivity index is 2.09. The van der Waals surface area contributed by atoms with Gasteiger partial charge in [-0.3, -0.25) is 4.79 Å². The molecule has 0 bridgehead atoms. The van der Waals surface area contributed by atoms with Crippen molar-refractivity contribution in [3.8, 4) is 11.5 Å².